The maximum atomic E-state index is 12.4. The van der Waals surface area contributed by atoms with Gasteiger partial charge in [0.15, 0.2) is 0 Å². The van der Waals surface area contributed by atoms with Gasteiger partial charge >= 0.3 is 0 Å². The second kappa shape index (κ2) is 8.47. The normalized spacial score (nSPS) is 20.4. The monoisotopic (exact) mass is 348 g/mol. The fourth-order valence-corrected chi connectivity index (χ4v) is 3.72. The maximum Gasteiger partial charge on any atom is 0.240 e. The summed E-state index contributed by atoms with van der Waals surface area (Å²) >= 11 is 0. The predicted molar refractivity (Wildman–Crippen MR) is 94.0 cm³/mol. The van der Waals surface area contributed by atoms with E-state index in [1.807, 2.05) is 6.92 Å². The van der Waals surface area contributed by atoms with Gasteiger partial charge in [-0.1, -0.05) is 24.4 Å². The SMILES string of the molecule is Cc1cc(NC(=O)CN2CCC(C(=O)NC3CCCCC3)CC2)on1. The van der Waals surface area contributed by atoms with Crippen LogP contribution >= 0.6 is 0 Å². The molecule has 2 aliphatic rings. The molecule has 1 saturated carbocycles. The largest absolute Gasteiger partial charge is 0.353 e. The van der Waals surface area contributed by atoms with Crippen molar-refractivity contribution in [2.75, 3.05) is 25.0 Å². The Morgan fingerprint density at radius 2 is 1.92 bits per heavy atom. The second-order valence-electron chi connectivity index (χ2n) is 7.27. The van der Waals surface area contributed by atoms with Crippen LogP contribution in [0.15, 0.2) is 10.6 Å². The number of rotatable bonds is 5. The van der Waals surface area contributed by atoms with Crippen LogP contribution in [-0.2, 0) is 9.59 Å². The Morgan fingerprint density at radius 1 is 1.20 bits per heavy atom. The summed E-state index contributed by atoms with van der Waals surface area (Å²) in [5.74, 6) is 0.553. The number of carbonyl (C=O) groups excluding carboxylic acids is 2. The number of carbonyl (C=O) groups is 2. The minimum atomic E-state index is -0.110. The molecule has 0 bridgehead atoms. The van der Waals surface area contributed by atoms with Crippen molar-refractivity contribution in [1.82, 2.24) is 15.4 Å². The van der Waals surface area contributed by atoms with Crippen LogP contribution in [0.1, 0.15) is 50.6 Å². The Balaban J connectivity index is 1.37. The molecule has 7 heteroatoms. The van der Waals surface area contributed by atoms with Crippen LogP contribution in [0.25, 0.3) is 0 Å². The van der Waals surface area contributed by atoms with Gasteiger partial charge in [-0.3, -0.25) is 19.8 Å². The minimum Gasteiger partial charge on any atom is -0.353 e. The average Bonchev–Trinajstić information content (AvgIpc) is 3.01. The molecule has 1 aromatic rings. The molecule has 2 heterocycles. The summed E-state index contributed by atoms with van der Waals surface area (Å²) in [6.45, 7) is 3.66. The number of aromatic nitrogens is 1. The van der Waals surface area contributed by atoms with Crippen molar-refractivity contribution in [3.63, 3.8) is 0 Å². The predicted octanol–water partition coefficient (Wildman–Crippen LogP) is 2.08. The first-order chi connectivity index (χ1) is 12.1. The van der Waals surface area contributed by atoms with E-state index in [0.29, 0.717) is 18.5 Å². The Bertz CT molecular complexity index is 587. The van der Waals surface area contributed by atoms with Crippen LogP contribution in [0, 0.1) is 12.8 Å². The molecule has 1 aliphatic heterocycles. The molecule has 25 heavy (non-hydrogen) atoms. The van der Waals surface area contributed by atoms with E-state index in [2.05, 4.69) is 20.7 Å². The molecule has 1 aromatic heterocycles. The van der Waals surface area contributed by atoms with Crippen molar-refractivity contribution in [2.45, 2.75) is 57.9 Å². The van der Waals surface area contributed by atoms with Crippen molar-refractivity contribution in [2.24, 2.45) is 5.92 Å². The zero-order valence-corrected chi connectivity index (χ0v) is 14.9. The molecule has 2 N–H and O–H groups in total. The van der Waals surface area contributed by atoms with Crippen LogP contribution in [0.3, 0.4) is 0 Å². The topological polar surface area (TPSA) is 87.5 Å². The van der Waals surface area contributed by atoms with Crippen LogP contribution in [0.5, 0.6) is 0 Å². The molecule has 1 saturated heterocycles. The van der Waals surface area contributed by atoms with E-state index >= 15 is 0 Å². The molecule has 2 fully saturated rings. The summed E-state index contributed by atoms with van der Waals surface area (Å²) in [7, 11) is 0. The van der Waals surface area contributed by atoms with Crippen molar-refractivity contribution in [3.8, 4) is 0 Å². The van der Waals surface area contributed by atoms with Crippen molar-refractivity contribution < 1.29 is 14.1 Å². The van der Waals surface area contributed by atoms with E-state index in [1.54, 1.807) is 6.07 Å². The number of amides is 2. The van der Waals surface area contributed by atoms with Crippen molar-refractivity contribution in [1.29, 1.82) is 0 Å². The molecular formula is C18H28N4O3. The lowest BCUT2D eigenvalue weighted by Gasteiger charge is -2.32. The number of nitrogens with zero attached hydrogens (tertiary/aromatic N) is 2. The molecule has 0 unspecified atom stereocenters. The second-order valence-corrected chi connectivity index (χ2v) is 7.27. The summed E-state index contributed by atoms with van der Waals surface area (Å²) in [6.07, 6.45) is 7.60. The van der Waals surface area contributed by atoms with Gasteiger partial charge in [0.25, 0.3) is 0 Å². The highest BCUT2D eigenvalue weighted by molar-refractivity contribution is 5.91. The number of nitrogens with one attached hydrogen (secondary N) is 2. The molecule has 7 nitrogen and oxygen atoms in total. The summed E-state index contributed by atoms with van der Waals surface area (Å²) in [6, 6.07) is 2.06. The van der Waals surface area contributed by atoms with Gasteiger partial charge in [-0.25, -0.2) is 0 Å². The van der Waals surface area contributed by atoms with E-state index in [9.17, 15) is 9.59 Å². The molecule has 138 valence electrons. The minimum absolute atomic E-state index is 0.0816. The van der Waals surface area contributed by atoms with Gasteiger partial charge in [0.1, 0.15) is 0 Å². The number of likely N-dealkylation sites (tertiary alicyclic amines) is 1. The number of anilines is 1. The summed E-state index contributed by atoms with van der Waals surface area (Å²) in [4.78, 5) is 26.5. The first-order valence-electron chi connectivity index (χ1n) is 9.36. The van der Waals surface area contributed by atoms with Crippen LogP contribution in [-0.4, -0.2) is 47.5 Å². The highest BCUT2D eigenvalue weighted by Gasteiger charge is 2.27. The van der Waals surface area contributed by atoms with Gasteiger partial charge in [-0.2, -0.15) is 0 Å². The van der Waals surface area contributed by atoms with Gasteiger partial charge in [0, 0.05) is 18.0 Å². The molecular weight excluding hydrogens is 320 g/mol. The lowest BCUT2D eigenvalue weighted by molar-refractivity contribution is -0.127. The fraction of sp³-hybridized carbons (Fsp3) is 0.722. The number of aryl methyl sites for hydroxylation is 1. The van der Waals surface area contributed by atoms with Gasteiger partial charge in [-0.15, -0.1) is 0 Å². The lowest BCUT2D eigenvalue weighted by atomic mass is 9.92. The smallest absolute Gasteiger partial charge is 0.240 e. The first kappa shape index (κ1) is 17.9. The van der Waals surface area contributed by atoms with E-state index in [4.69, 9.17) is 4.52 Å². The van der Waals surface area contributed by atoms with Crippen LogP contribution < -0.4 is 10.6 Å². The standard InChI is InChI=1S/C18H28N4O3/c1-13-11-17(25-21-13)20-16(23)12-22-9-7-14(8-10-22)18(24)19-15-5-3-2-4-6-15/h11,14-15H,2-10,12H2,1H3,(H,19,24)(H,20,23). The van der Waals surface area contributed by atoms with E-state index in [-0.39, 0.29) is 17.7 Å². The third kappa shape index (κ3) is 5.29. The molecule has 0 radical (unpaired) electrons. The third-order valence-corrected chi connectivity index (χ3v) is 5.17. The summed E-state index contributed by atoms with van der Waals surface area (Å²) in [5, 5.41) is 9.68. The van der Waals surface area contributed by atoms with Crippen LogP contribution in [0.2, 0.25) is 0 Å². The number of hydrogen-bond acceptors (Lipinski definition) is 5. The molecule has 0 spiro atoms. The molecule has 2 amide bonds. The maximum absolute atomic E-state index is 12.4. The molecule has 3 rings (SSSR count). The molecule has 1 aliphatic carbocycles. The fourth-order valence-electron chi connectivity index (χ4n) is 3.72. The van der Waals surface area contributed by atoms with Gasteiger partial charge in [0.2, 0.25) is 17.7 Å². The van der Waals surface area contributed by atoms with Gasteiger partial charge < -0.3 is 9.84 Å². The third-order valence-electron chi connectivity index (χ3n) is 5.17. The highest BCUT2D eigenvalue weighted by Crippen LogP contribution is 2.21. The Labute approximate surface area is 148 Å². The molecule has 0 atom stereocenters. The van der Waals surface area contributed by atoms with Crippen LogP contribution in [0.4, 0.5) is 5.88 Å². The molecule has 0 aromatic carbocycles. The zero-order chi connectivity index (χ0) is 17.6. The first-order valence-corrected chi connectivity index (χ1v) is 9.36. The zero-order valence-electron chi connectivity index (χ0n) is 14.9. The van der Waals surface area contributed by atoms with Gasteiger partial charge in [-0.05, 0) is 45.7 Å². The van der Waals surface area contributed by atoms with E-state index in [1.165, 1.54) is 19.3 Å². The van der Waals surface area contributed by atoms with E-state index in [0.717, 1.165) is 44.5 Å². The lowest BCUT2D eigenvalue weighted by Crippen LogP contribution is -2.45. The Hall–Kier alpha value is -1.89. The average molecular weight is 348 g/mol. The highest BCUT2D eigenvalue weighted by atomic mass is 16.5. The number of hydrogen-bond donors (Lipinski definition) is 2. The Kier molecular flexibility index (Phi) is 6.07. The Morgan fingerprint density at radius 3 is 2.56 bits per heavy atom. The van der Waals surface area contributed by atoms with Crippen molar-refractivity contribution in [3.05, 3.63) is 11.8 Å². The summed E-state index contributed by atoms with van der Waals surface area (Å²) in [5.41, 5.74) is 0.736. The number of piperidine rings is 1. The summed E-state index contributed by atoms with van der Waals surface area (Å²) < 4.78 is 4.99. The van der Waals surface area contributed by atoms with E-state index < -0.39 is 0 Å². The van der Waals surface area contributed by atoms with Crippen molar-refractivity contribution >= 4 is 17.7 Å². The van der Waals surface area contributed by atoms with Gasteiger partial charge in [0.05, 0.1) is 12.2 Å². The quantitative estimate of drug-likeness (QED) is 0.851.